The highest BCUT2D eigenvalue weighted by Crippen LogP contribution is 2.22. The number of nitrogens with zero attached hydrogens (tertiary/aromatic N) is 4. The summed E-state index contributed by atoms with van der Waals surface area (Å²) in [6.07, 6.45) is 0.583. The predicted molar refractivity (Wildman–Crippen MR) is 99.9 cm³/mol. The van der Waals surface area contributed by atoms with Crippen molar-refractivity contribution in [1.29, 1.82) is 0 Å². The number of hydrogen-bond acceptors (Lipinski definition) is 8. The average Bonchev–Trinajstić information content (AvgIpc) is 3.03. The first-order valence-corrected chi connectivity index (χ1v) is 8.99. The standard InChI is InChI=1S/C17H17N5O4S/c1-10-14(16(25)26-2)19-17(27-10)18-13(23)8-5-9-22-15(24)11-6-3-4-7-12(11)20-21-22/h3-4,6-7H,5,8-9H2,1-2H3,(H,18,19,23). The van der Waals surface area contributed by atoms with Crippen molar-refractivity contribution in [3.05, 3.63) is 45.2 Å². The van der Waals surface area contributed by atoms with Gasteiger partial charge in [0.25, 0.3) is 5.56 Å². The number of fused-ring (bicyclic) bond motifs is 1. The van der Waals surface area contributed by atoms with Gasteiger partial charge in [-0.15, -0.1) is 16.4 Å². The van der Waals surface area contributed by atoms with Gasteiger partial charge in [0.1, 0.15) is 5.52 Å². The minimum Gasteiger partial charge on any atom is -0.464 e. The van der Waals surface area contributed by atoms with Crippen molar-refractivity contribution in [2.75, 3.05) is 12.4 Å². The highest BCUT2D eigenvalue weighted by atomic mass is 32.1. The number of anilines is 1. The normalized spacial score (nSPS) is 10.7. The molecule has 0 fully saturated rings. The van der Waals surface area contributed by atoms with E-state index in [4.69, 9.17) is 0 Å². The molecule has 10 heteroatoms. The van der Waals surface area contributed by atoms with Crippen LogP contribution in [0.2, 0.25) is 0 Å². The third-order valence-electron chi connectivity index (χ3n) is 3.82. The van der Waals surface area contributed by atoms with E-state index in [1.807, 2.05) is 0 Å². The zero-order valence-electron chi connectivity index (χ0n) is 14.8. The second kappa shape index (κ2) is 8.04. The lowest BCUT2D eigenvalue weighted by Gasteiger charge is -2.05. The smallest absolute Gasteiger partial charge is 0.357 e. The molecule has 0 spiro atoms. The number of hydrogen-bond donors (Lipinski definition) is 1. The van der Waals surface area contributed by atoms with Crippen molar-refractivity contribution in [3.8, 4) is 0 Å². The van der Waals surface area contributed by atoms with E-state index >= 15 is 0 Å². The Morgan fingerprint density at radius 3 is 2.85 bits per heavy atom. The SMILES string of the molecule is COC(=O)c1nc(NC(=O)CCCn2nnc3ccccc3c2=O)sc1C. The average molecular weight is 387 g/mol. The van der Waals surface area contributed by atoms with Crippen LogP contribution in [0.15, 0.2) is 29.1 Å². The number of nitrogens with one attached hydrogen (secondary N) is 1. The molecule has 0 bridgehead atoms. The maximum atomic E-state index is 12.3. The van der Waals surface area contributed by atoms with Crippen LogP contribution in [0.25, 0.3) is 10.9 Å². The summed E-state index contributed by atoms with van der Waals surface area (Å²) in [5, 5.41) is 11.4. The number of esters is 1. The molecule has 0 atom stereocenters. The molecular weight excluding hydrogens is 370 g/mol. The van der Waals surface area contributed by atoms with E-state index in [1.165, 1.54) is 23.1 Å². The highest BCUT2D eigenvalue weighted by molar-refractivity contribution is 7.16. The third kappa shape index (κ3) is 4.17. The molecule has 0 saturated heterocycles. The molecular formula is C17H17N5O4S. The van der Waals surface area contributed by atoms with Gasteiger partial charge in [-0.1, -0.05) is 17.3 Å². The monoisotopic (exact) mass is 387 g/mol. The molecule has 2 aromatic heterocycles. The van der Waals surface area contributed by atoms with E-state index in [9.17, 15) is 14.4 Å². The van der Waals surface area contributed by atoms with Crippen LogP contribution >= 0.6 is 11.3 Å². The van der Waals surface area contributed by atoms with Gasteiger partial charge in [-0.2, -0.15) is 0 Å². The van der Waals surface area contributed by atoms with Crippen molar-refractivity contribution in [3.63, 3.8) is 0 Å². The Kier molecular flexibility index (Phi) is 5.55. The molecule has 3 rings (SSSR count). The largest absolute Gasteiger partial charge is 0.464 e. The van der Waals surface area contributed by atoms with Crippen molar-refractivity contribution >= 4 is 39.2 Å². The number of amides is 1. The van der Waals surface area contributed by atoms with Crippen molar-refractivity contribution < 1.29 is 14.3 Å². The first kappa shape index (κ1) is 18.6. The van der Waals surface area contributed by atoms with Gasteiger partial charge in [0.05, 0.1) is 12.5 Å². The van der Waals surface area contributed by atoms with Crippen LogP contribution in [0.1, 0.15) is 28.2 Å². The molecule has 0 unspecified atom stereocenters. The van der Waals surface area contributed by atoms with Crippen molar-refractivity contribution in [2.24, 2.45) is 0 Å². The van der Waals surface area contributed by atoms with E-state index in [2.05, 4.69) is 25.3 Å². The Labute approximate surface area is 158 Å². The van der Waals surface area contributed by atoms with E-state index in [0.29, 0.717) is 27.3 Å². The lowest BCUT2D eigenvalue weighted by Crippen LogP contribution is -2.25. The van der Waals surface area contributed by atoms with Gasteiger partial charge in [-0.25, -0.2) is 14.5 Å². The van der Waals surface area contributed by atoms with Crippen LogP contribution in [0.3, 0.4) is 0 Å². The number of rotatable bonds is 6. The topological polar surface area (TPSA) is 116 Å². The summed E-state index contributed by atoms with van der Waals surface area (Å²) >= 11 is 1.20. The summed E-state index contributed by atoms with van der Waals surface area (Å²) < 4.78 is 5.89. The minimum atomic E-state index is -0.543. The molecule has 0 aliphatic carbocycles. The summed E-state index contributed by atoms with van der Waals surface area (Å²) in [4.78, 5) is 40.7. The first-order chi connectivity index (χ1) is 13.0. The molecule has 140 valence electrons. The molecule has 2 heterocycles. The fourth-order valence-corrected chi connectivity index (χ4v) is 3.29. The molecule has 1 aromatic carbocycles. The third-order valence-corrected chi connectivity index (χ3v) is 4.71. The van der Waals surface area contributed by atoms with Crippen LogP contribution in [0.4, 0.5) is 5.13 Å². The Bertz CT molecular complexity index is 1060. The van der Waals surface area contributed by atoms with E-state index in [1.54, 1.807) is 31.2 Å². The lowest BCUT2D eigenvalue weighted by atomic mass is 10.2. The van der Waals surface area contributed by atoms with Gasteiger partial charge >= 0.3 is 5.97 Å². The number of aryl methyl sites for hydroxylation is 2. The number of carbonyl (C=O) groups is 2. The van der Waals surface area contributed by atoms with Crippen LogP contribution < -0.4 is 10.9 Å². The summed E-state index contributed by atoms with van der Waals surface area (Å²) in [7, 11) is 1.27. The quantitative estimate of drug-likeness (QED) is 0.641. The molecule has 0 radical (unpaired) electrons. The van der Waals surface area contributed by atoms with E-state index < -0.39 is 5.97 Å². The number of thiazole rings is 1. The lowest BCUT2D eigenvalue weighted by molar-refractivity contribution is -0.116. The van der Waals surface area contributed by atoms with Crippen LogP contribution in [0, 0.1) is 6.92 Å². The van der Waals surface area contributed by atoms with Gasteiger partial charge < -0.3 is 10.1 Å². The van der Waals surface area contributed by atoms with Gasteiger partial charge in [0.15, 0.2) is 10.8 Å². The maximum Gasteiger partial charge on any atom is 0.357 e. The number of carbonyl (C=O) groups excluding carboxylic acids is 2. The second-order valence-corrected chi connectivity index (χ2v) is 6.91. The first-order valence-electron chi connectivity index (χ1n) is 8.17. The number of aromatic nitrogens is 4. The Hall–Kier alpha value is -3.14. The molecule has 1 N–H and O–H groups in total. The Morgan fingerprint density at radius 2 is 2.07 bits per heavy atom. The van der Waals surface area contributed by atoms with Crippen LogP contribution in [-0.4, -0.2) is 39.0 Å². The zero-order chi connectivity index (χ0) is 19.4. The van der Waals surface area contributed by atoms with Crippen molar-refractivity contribution in [1.82, 2.24) is 20.0 Å². The second-order valence-electron chi connectivity index (χ2n) is 5.70. The molecule has 1 amide bonds. The zero-order valence-corrected chi connectivity index (χ0v) is 15.6. The number of ether oxygens (including phenoxy) is 1. The Balaban J connectivity index is 1.58. The fourth-order valence-electron chi connectivity index (χ4n) is 2.48. The van der Waals surface area contributed by atoms with Gasteiger partial charge in [-0.05, 0) is 25.5 Å². The van der Waals surface area contributed by atoms with Gasteiger partial charge in [-0.3, -0.25) is 9.59 Å². The molecule has 27 heavy (non-hydrogen) atoms. The van der Waals surface area contributed by atoms with Crippen molar-refractivity contribution in [2.45, 2.75) is 26.3 Å². The maximum absolute atomic E-state index is 12.3. The summed E-state index contributed by atoms with van der Waals surface area (Å²) in [6.45, 7) is 2.00. The predicted octanol–water partition coefficient (Wildman–Crippen LogP) is 1.76. The van der Waals surface area contributed by atoms with Gasteiger partial charge in [0.2, 0.25) is 5.91 Å². The molecule has 0 saturated carbocycles. The van der Waals surface area contributed by atoms with Crippen LogP contribution in [-0.2, 0) is 16.1 Å². The summed E-state index contributed by atoms with van der Waals surface area (Å²) in [5.74, 6) is -0.805. The number of methoxy groups -OCH3 is 1. The molecule has 0 aliphatic heterocycles. The van der Waals surface area contributed by atoms with Crippen LogP contribution in [0.5, 0.6) is 0 Å². The summed E-state index contributed by atoms with van der Waals surface area (Å²) in [6, 6.07) is 6.97. The molecule has 9 nitrogen and oxygen atoms in total. The highest BCUT2D eigenvalue weighted by Gasteiger charge is 2.17. The number of benzene rings is 1. The fraction of sp³-hybridized carbons (Fsp3) is 0.294. The van der Waals surface area contributed by atoms with E-state index in [-0.39, 0.29) is 30.1 Å². The Morgan fingerprint density at radius 1 is 1.30 bits per heavy atom. The molecule has 3 aromatic rings. The molecule has 0 aliphatic rings. The van der Waals surface area contributed by atoms with Gasteiger partial charge in [0, 0.05) is 17.8 Å². The minimum absolute atomic E-state index is 0.174. The van der Waals surface area contributed by atoms with E-state index in [0.717, 1.165) is 0 Å². The summed E-state index contributed by atoms with van der Waals surface area (Å²) in [5.41, 5.74) is 0.493.